The van der Waals surface area contributed by atoms with Crippen LogP contribution in [0.15, 0.2) is 30.3 Å². The van der Waals surface area contributed by atoms with Crippen molar-refractivity contribution in [1.82, 2.24) is 0 Å². The molecule has 0 atom stereocenters. The van der Waals surface area contributed by atoms with Crippen LogP contribution < -0.4 is 0 Å². The fourth-order valence-corrected chi connectivity index (χ4v) is 0.649. The van der Waals surface area contributed by atoms with Gasteiger partial charge in [0.05, 0.1) is 0 Å². The van der Waals surface area contributed by atoms with Crippen molar-refractivity contribution in [2.75, 3.05) is 0 Å². The Balaban J connectivity index is 0.000000810. The number of benzene rings is 1. The van der Waals surface area contributed by atoms with Gasteiger partial charge in [-0.3, -0.25) is 5.26 Å². The summed E-state index contributed by atoms with van der Waals surface area (Å²) in [6, 6.07) is 9.48. The van der Waals surface area contributed by atoms with Crippen LogP contribution >= 0.6 is 0 Å². The van der Waals surface area contributed by atoms with Gasteiger partial charge in [-0.05, 0) is 5.56 Å². The minimum atomic E-state index is 0. The molecule has 59 valence electrons. The van der Waals surface area contributed by atoms with Crippen molar-refractivity contribution >= 4 is 0 Å². The van der Waals surface area contributed by atoms with Crippen LogP contribution in [0.5, 0.6) is 0 Å². The quantitative estimate of drug-likeness (QED) is 0.477. The largest absolute Gasteiger partial charge is 0.251 e. The van der Waals surface area contributed by atoms with Crippen molar-refractivity contribution in [1.29, 1.82) is 0 Å². The Labute approximate surface area is 75.3 Å². The van der Waals surface area contributed by atoms with Crippen LogP contribution in [-0.2, 0) is 33.9 Å². The van der Waals surface area contributed by atoms with E-state index in [4.69, 9.17) is 5.26 Å². The molecule has 1 aromatic rings. The molecular weight excluding hydrogens is 224 g/mol. The first-order valence-corrected chi connectivity index (χ1v) is 2.74. The van der Waals surface area contributed by atoms with E-state index >= 15 is 0 Å². The average molecular weight is 232 g/mol. The minimum absolute atomic E-state index is 0. The molecule has 0 aromatic heterocycles. The van der Waals surface area contributed by atoms with E-state index in [1.807, 2.05) is 30.3 Å². The van der Waals surface area contributed by atoms with Gasteiger partial charge in [-0.2, -0.15) is 0 Å². The zero-order chi connectivity index (χ0) is 6.53. The van der Waals surface area contributed by atoms with Crippen molar-refractivity contribution in [2.45, 2.75) is 6.61 Å². The number of rotatable bonds is 2. The Morgan fingerprint density at radius 3 is 2.30 bits per heavy atom. The second-order valence-corrected chi connectivity index (χ2v) is 1.76. The zero-order valence-electron chi connectivity index (χ0n) is 5.25. The van der Waals surface area contributed by atoms with Crippen LogP contribution in [0, 0.1) is 0 Å². The molecule has 1 aromatic carbocycles. The molecule has 0 aliphatic heterocycles. The Bertz CT molecular complexity index is 165. The summed E-state index contributed by atoms with van der Waals surface area (Å²) < 4.78 is 0. The van der Waals surface area contributed by atoms with Crippen LogP contribution in [0.2, 0.25) is 0 Å². The van der Waals surface area contributed by atoms with Crippen LogP contribution in [-0.4, -0.2) is 5.26 Å². The molecule has 2 nitrogen and oxygen atoms in total. The first-order chi connectivity index (χ1) is 4.43. The molecule has 0 unspecified atom stereocenters. The average Bonchev–Trinajstić information content (AvgIpc) is 1.91. The van der Waals surface area contributed by atoms with Gasteiger partial charge in [0.2, 0.25) is 0 Å². The summed E-state index contributed by atoms with van der Waals surface area (Å²) in [7, 11) is 0. The first-order valence-electron chi connectivity index (χ1n) is 2.74. The predicted molar refractivity (Wildman–Crippen MR) is 33.9 cm³/mol. The van der Waals surface area contributed by atoms with Crippen molar-refractivity contribution in [2.24, 2.45) is 0 Å². The molecule has 1 radical (unpaired) electrons. The van der Waals surface area contributed by atoms with Gasteiger partial charge in [0.25, 0.3) is 0 Å². The summed E-state index contributed by atoms with van der Waals surface area (Å²) in [5.74, 6) is 0. The molecule has 0 bridgehead atoms. The first kappa shape index (κ1) is 9.88. The van der Waals surface area contributed by atoms with Gasteiger partial charge in [0.1, 0.15) is 6.61 Å². The maximum atomic E-state index is 8.02. The molecule has 10 heavy (non-hydrogen) atoms. The van der Waals surface area contributed by atoms with Gasteiger partial charge in [-0.1, -0.05) is 30.3 Å². The molecule has 0 amide bonds. The SMILES string of the molecule is OOCc1ccccc1.[Ag]. The summed E-state index contributed by atoms with van der Waals surface area (Å²) in [5, 5.41) is 8.02. The van der Waals surface area contributed by atoms with Crippen molar-refractivity contribution in [3.8, 4) is 0 Å². The van der Waals surface area contributed by atoms with Crippen molar-refractivity contribution in [3.63, 3.8) is 0 Å². The fraction of sp³-hybridized carbons (Fsp3) is 0.143. The monoisotopic (exact) mass is 231 g/mol. The molecule has 1 rings (SSSR count). The summed E-state index contributed by atoms with van der Waals surface area (Å²) in [5.41, 5.74) is 0.972. The van der Waals surface area contributed by atoms with E-state index in [-0.39, 0.29) is 29.0 Å². The predicted octanol–water partition coefficient (Wildman–Crippen LogP) is 1.67. The summed E-state index contributed by atoms with van der Waals surface area (Å²) in [6.45, 7) is 0.265. The Morgan fingerprint density at radius 1 is 1.20 bits per heavy atom. The van der Waals surface area contributed by atoms with E-state index in [9.17, 15) is 0 Å². The fourth-order valence-electron chi connectivity index (χ4n) is 0.649. The van der Waals surface area contributed by atoms with Crippen molar-refractivity contribution in [3.05, 3.63) is 35.9 Å². The van der Waals surface area contributed by atoms with Gasteiger partial charge < -0.3 is 0 Å². The summed E-state index contributed by atoms with van der Waals surface area (Å²) >= 11 is 0. The van der Waals surface area contributed by atoms with Crippen LogP contribution in [0.4, 0.5) is 0 Å². The van der Waals surface area contributed by atoms with E-state index in [0.29, 0.717) is 0 Å². The molecule has 0 saturated carbocycles. The van der Waals surface area contributed by atoms with E-state index in [1.165, 1.54) is 0 Å². The van der Waals surface area contributed by atoms with Crippen molar-refractivity contribution < 1.29 is 32.5 Å². The van der Waals surface area contributed by atoms with Crippen LogP contribution in [0.25, 0.3) is 0 Å². The van der Waals surface area contributed by atoms with E-state index in [2.05, 4.69) is 4.89 Å². The molecule has 3 heteroatoms. The molecule has 0 aliphatic rings. The van der Waals surface area contributed by atoms with Crippen LogP contribution in [0.3, 0.4) is 0 Å². The molecule has 0 aliphatic carbocycles. The summed E-state index contributed by atoms with van der Waals surface area (Å²) in [4.78, 5) is 3.93. The Hall–Kier alpha value is -0.120. The topological polar surface area (TPSA) is 29.5 Å². The van der Waals surface area contributed by atoms with E-state index < -0.39 is 0 Å². The number of hydrogen-bond donors (Lipinski definition) is 1. The summed E-state index contributed by atoms with van der Waals surface area (Å²) in [6.07, 6.45) is 0. The second kappa shape index (κ2) is 5.65. The van der Waals surface area contributed by atoms with E-state index in [0.717, 1.165) is 5.56 Å². The molecule has 1 N–H and O–H groups in total. The number of hydrogen-bond acceptors (Lipinski definition) is 2. The van der Waals surface area contributed by atoms with Gasteiger partial charge in [-0.25, -0.2) is 4.89 Å². The van der Waals surface area contributed by atoms with Gasteiger partial charge >= 0.3 is 0 Å². The maximum Gasteiger partial charge on any atom is 0.107 e. The molecule has 0 heterocycles. The smallest absolute Gasteiger partial charge is 0.107 e. The zero-order valence-corrected chi connectivity index (χ0v) is 6.73. The molecular formula is C7H8AgO2. The third-order valence-electron chi connectivity index (χ3n) is 1.07. The van der Waals surface area contributed by atoms with E-state index in [1.54, 1.807) is 0 Å². The Kier molecular flexibility index (Phi) is 5.58. The third kappa shape index (κ3) is 3.15. The van der Waals surface area contributed by atoms with Gasteiger partial charge in [0.15, 0.2) is 0 Å². The third-order valence-corrected chi connectivity index (χ3v) is 1.07. The normalized spacial score (nSPS) is 8.50. The second-order valence-electron chi connectivity index (χ2n) is 1.76. The minimum Gasteiger partial charge on any atom is -0.251 e. The Morgan fingerprint density at radius 2 is 1.80 bits per heavy atom. The molecule has 0 spiro atoms. The molecule has 0 saturated heterocycles. The van der Waals surface area contributed by atoms with Crippen LogP contribution in [0.1, 0.15) is 5.56 Å². The molecule has 0 fully saturated rings. The standard InChI is InChI=1S/C7H8O2.Ag/c8-9-6-7-4-2-1-3-5-7;/h1-5,8H,6H2;. The van der Waals surface area contributed by atoms with Gasteiger partial charge in [-0.15, -0.1) is 0 Å². The maximum absolute atomic E-state index is 8.02. The van der Waals surface area contributed by atoms with Gasteiger partial charge in [0, 0.05) is 22.4 Å².